The predicted molar refractivity (Wildman–Crippen MR) is 113 cm³/mol. The summed E-state index contributed by atoms with van der Waals surface area (Å²) >= 11 is 13.9. The average Bonchev–Trinajstić information content (AvgIpc) is 2.49. The minimum absolute atomic E-state index is 0.0992. The number of anilines is 1. The summed E-state index contributed by atoms with van der Waals surface area (Å²) < 4.78 is 26.0. The Bertz CT molecular complexity index is 734. The molecule has 9 heteroatoms. The molecule has 0 saturated carbocycles. The van der Waals surface area contributed by atoms with Crippen LogP contribution in [0.4, 0.5) is 5.69 Å². The van der Waals surface area contributed by atoms with Crippen LogP contribution in [0.2, 0.25) is 10.0 Å². The van der Waals surface area contributed by atoms with E-state index in [1.54, 1.807) is 24.8 Å². The molecule has 1 N–H and O–H groups in total. The Morgan fingerprint density at radius 1 is 1.31 bits per heavy atom. The molecule has 0 spiro atoms. The first-order valence-electron chi connectivity index (χ1n) is 8.23. The van der Waals surface area contributed by atoms with Gasteiger partial charge in [-0.2, -0.15) is 11.8 Å². The number of benzene rings is 1. The van der Waals surface area contributed by atoms with E-state index in [4.69, 9.17) is 23.2 Å². The van der Waals surface area contributed by atoms with Crippen LogP contribution in [0.25, 0.3) is 0 Å². The first-order chi connectivity index (χ1) is 11.9. The predicted octanol–water partition coefficient (Wildman–Crippen LogP) is 4.19. The first-order valence-corrected chi connectivity index (χ1v) is 11.8. The van der Waals surface area contributed by atoms with Crippen molar-refractivity contribution in [3.8, 4) is 0 Å². The van der Waals surface area contributed by atoms with Crippen LogP contribution in [0.5, 0.6) is 0 Å². The van der Waals surface area contributed by atoms with Gasteiger partial charge in [0.15, 0.2) is 0 Å². The molecule has 1 atom stereocenters. The number of nitrogens with zero attached hydrogens (tertiary/aromatic N) is 1. The third kappa shape index (κ3) is 7.18. The fourth-order valence-corrected chi connectivity index (χ4v) is 4.80. The topological polar surface area (TPSA) is 66.5 Å². The maximum atomic E-state index is 12.7. The zero-order valence-corrected chi connectivity index (χ0v) is 18.8. The van der Waals surface area contributed by atoms with Crippen LogP contribution in [0, 0.1) is 0 Å². The van der Waals surface area contributed by atoms with Crippen molar-refractivity contribution in [2.45, 2.75) is 44.9 Å². The minimum atomic E-state index is -3.74. The lowest BCUT2D eigenvalue weighted by Gasteiger charge is -2.31. The number of carbonyl (C=O) groups excluding carboxylic acids is 1. The van der Waals surface area contributed by atoms with Crippen LogP contribution in [0.3, 0.4) is 0 Å². The third-order valence-electron chi connectivity index (χ3n) is 3.41. The van der Waals surface area contributed by atoms with Crippen LogP contribution < -0.4 is 9.62 Å². The molecule has 26 heavy (non-hydrogen) atoms. The largest absolute Gasteiger partial charge is 0.353 e. The number of thioether (sulfide) groups is 1. The van der Waals surface area contributed by atoms with E-state index in [2.05, 4.69) is 26.1 Å². The van der Waals surface area contributed by atoms with Crippen LogP contribution in [0.15, 0.2) is 18.2 Å². The molecule has 0 fully saturated rings. The molecule has 0 radical (unpaired) electrons. The molecule has 0 heterocycles. The van der Waals surface area contributed by atoms with Gasteiger partial charge < -0.3 is 5.32 Å². The molecule has 148 valence electrons. The number of carbonyl (C=O) groups is 1. The number of halogens is 2. The van der Waals surface area contributed by atoms with E-state index >= 15 is 0 Å². The molecular weight excluding hydrogens is 415 g/mol. The molecule has 0 aromatic heterocycles. The van der Waals surface area contributed by atoms with E-state index in [9.17, 15) is 13.2 Å². The molecule has 0 aliphatic heterocycles. The van der Waals surface area contributed by atoms with Gasteiger partial charge in [0.2, 0.25) is 15.9 Å². The summed E-state index contributed by atoms with van der Waals surface area (Å²) in [6.45, 7) is 8.51. The van der Waals surface area contributed by atoms with Crippen molar-refractivity contribution < 1.29 is 13.2 Å². The van der Waals surface area contributed by atoms with Gasteiger partial charge >= 0.3 is 0 Å². The van der Waals surface area contributed by atoms with Gasteiger partial charge in [-0.3, -0.25) is 9.10 Å². The van der Waals surface area contributed by atoms with Gasteiger partial charge in [-0.15, -0.1) is 0 Å². The fourth-order valence-electron chi connectivity index (χ4n) is 2.34. The molecule has 1 aromatic carbocycles. The van der Waals surface area contributed by atoms with Gasteiger partial charge in [0.05, 0.1) is 17.0 Å². The highest BCUT2D eigenvalue weighted by Crippen LogP contribution is 2.33. The monoisotopic (exact) mass is 440 g/mol. The quantitative estimate of drug-likeness (QED) is 0.615. The van der Waals surface area contributed by atoms with Crippen LogP contribution in [-0.2, 0) is 14.8 Å². The van der Waals surface area contributed by atoms with E-state index in [0.717, 1.165) is 16.3 Å². The molecule has 0 bridgehead atoms. The highest BCUT2D eigenvalue weighted by molar-refractivity contribution is 8.00. The van der Waals surface area contributed by atoms with E-state index in [1.807, 2.05) is 0 Å². The van der Waals surface area contributed by atoms with Gasteiger partial charge in [-0.1, -0.05) is 50.9 Å². The highest BCUT2D eigenvalue weighted by atomic mass is 35.5. The normalized spacial score (nSPS) is 13.3. The van der Waals surface area contributed by atoms with Crippen molar-refractivity contribution in [2.75, 3.05) is 22.9 Å². The number of hydrogen-bond donors (Lipinski definition) is 1. The Labute approximate surface area is 170 Å². The lowest BCUT2D eigenvalue weighted by Crippen LogP contribution is -2.49. The summed E-state index contributed by atoms with van der Waals surface area (Å²) in [5.74, 6) is 0.381. The molecular formula is C17H26Cl2N2O3S2. The number of nitrogens with one attached hydrogen (secondary N) is 1. The van der Waals surface area contributed by atoms with E-state index in [1.165, 1.54) is 12.1 Å². The second kappa shape index (κ2) is 9.53. The lowest BCUT2D eigenvalue weighted by molar-refractivity contribution is -0.122. The van der Waals surface area contributed by atoms with Gasteiger partial charge in [0.1, 0.15) is 6.04 Å². The maximum absolute atomic E-state index is 12.7. The Balaban J connectivity index is 3.04. The SMILES string of the molecule is CC[C@@H](C(=O)NCCSC(C)(C)C)N(c1cc(Cl)ccc1Cl)S(C)(=O)=O. The second-order valence-corrected chi connectivity index (χ2v) is 11.5. The summed E-state index contributed by atoms with van der Waals surface area (Å²) in [5, 5.41) is 3.38. The van der Waals surface area contributed by atoms with Crippen LogP contribution >= 0.6 is 35.0 Å². The number of sulfonamides is 1. The van der Waals surface area contributed by atoms with E-state index < -0.39 is 16.1 Å². The number of amides is 1. The molecule has 1 amide bonds. The van der Waals surface area contributed by atoms with Gasteiger partial charge in [-0.05, 0) is 24.6 Å². The Morgan fingerprint density at radius 2 is 1.92 bits per heavy atom. The molecule has 1 rings (SSSR count). The second-order valence-electron chi connectivity index (χ2n) is 6.83. The summed E-state index contributed by atoms with van der Waals surface area (Å²) in [7, 11) is -3.74. The Morgan fingerprint density at radius 3 is 2.42 bits per heavy atom. The molecule has 0 saturated heterocycles. The molecule has 0 aliphatic carbocycles. The van der Waals surface area contributed by atoms with Crippen molar-refractivity contribution in [1.82, 2.24) is 5.32 Å². The fraction of sp³-hybridized carbons (Fsp3) is 0.588. The summed E-state index contributed by atoms with van der Waals surface area (Å²) in [6, 6.07) is 3.64. The minimum Gasteiger partial charge on any atom is -0.353 e. The van der Waals surface area contributed by atoms with Crippen LogP contribution in [0.1, 0.15) is 34.1 Å². The molecule has 0 aliphatic rings. The van der Waals surface area contributed by atoms with Crippen molar-refractivity contribution in [3.63, 3.8) is 0 Å². The van der Waals surface area contributed by atoms with Gasteiger partial charge in [0, 0.05) is 22.1 Å². The third-order valence-corrected chi connectivity index (χ3v) is 6.41. The highest BCUT2D eigenvalue weighted by Gasteiger charge is 2.32. The Hall–Kier alpha value is -0.630. The standard InChI is InChI=1S/C17H26Cl2N2O3S2/c1-6-14(16(22)20-9-10-25-17(2,3)4)21(26(5,23)24)15-11-12(18)7-8-13(15)19/h7-8,11,14H,6,9-10H2,1-5H3,(H,20,22)/t14-/m0/s1. The van der Waals surface area contributed by atoms with E-state index in [-0.39, 0.29) is 21.4 Å². The molecule has 0 unspecified atom stereocenters. The lowest BCUT2D eigenvalue weighted by atomic mass is 10.2. The average molecular weight is 441 g/mol. The summed E-state index contributed by atoms with van der Waals surface area (Å²) in [6.07, 6.45) is 1.35. The number of hydrogen-bond acceptors (Lipinski definition) is 4. The van der Waals surface area contributed by atoms with Crippen LogP contribution in [-0.4, -0.2) is 43.7 Å². The zero-order valence-electron chi connectivity index (χ0n) is 15.7. The summed E-state index contributed by atoms with van der Waals surface area (Å²) in [5.41, 5.74) is 0.202. The van der Waals surface area contributed by atoms with Crippen molar-refractivity contribution in [2.24, 2.45) is 0 Å². The Kier molecular flexibility index (Phi) is 8.58. The number of rotatable bonds is 8. The smallest absolute Gasteiger partial charge is 0.243 e. The van der Waals surface area contributed by atoms with Crippen molar-refractivity contribution >= 4 is 56.6 Å². The zero-order chi connectivity index (χ0) is 20.1. The molecule has 1 aromatic rings. The maximum Gasteiger partial charge on any atom is 0.243 e. The summed E-state index contributed by atoms with van der Waals surface area (Å²) in [4.78, 5) is 12.7. The van der Waals surface area contributed by atoms with Gasteiger partial charge in [-0.25, -0.2) is 8.42 Å². The first kappa shape index (κ1) is 23.4. The van der Waals surface area contributed by atoms with Crippen molar-refractivity contribution in [1.29, 1.82) is 0 Å². The van der Waals surface area contributed by atoms with Gasteiger partial charge in [0.25, 0.3) is 0 Å². The van der Waals surface area contributed by atoms with E-state index in [0.29, 0.717) is 18.0 Å². The molecule has 5 nitrogen and oxygen atoms in total. The van der Waals surface area contributed by atoms with Crippen molar-refractivity contribution in [3.05, 3.63) is 28.2 Å².